The van der Waals surface area contributed by atoms with Crippen LogP contribution in [0.5, 0.6) is 0 Å². The Hall–Kier alpha value is -1.04. The van der Waals surface area contributed by atoms with Crippen molar-refractivity contribution >= 4 is 36.5 Å². The van der Waals surface area contributed by atoms with E-state index >= 15 is 0 Å². The number of rotatable bonds is 4. The van der Waals surface area contributed by atoms with E-state index in [-0.39, 0.29) is 36.6 Å². The fraction of sp³-hybridized carbons (Fsp3) is 0.727. The van der Waals surface area contributed by atoms with E-state index in [1.165, 1.54) is 32.1 Å². The second-order valence-electron chi connectivity index (χ2n) is 9.11. The van der Waals surface area contributed by atoms with Gasteiger partial charge in [-0.25, -0.2) is 4.98 Å². The summed E-state index contributed by atoms with van der Waals surface area (Å²) in [6.07, 6.45) is 10.0. The molecule has 2 aliphatic carbocycles. The first kappa shape index (κ1) is 24.2. The number of piperidine rings is 1. The summed E-state index contributed by atoms with van der Waals surface area (Å²) >= 11 is 0. The van der Waals surface area contributed by atoms with Crippen LogP contribution < -0.4 is 16.0 Å². The van der Waals surface area contributed by atoms with E-state index in [2.05, 4.69) is 34.3 Å². The molecular formula is C22H36Cl2N4O. The summed E-state index contributed by atoms with van der Waals surface area (Å²) in [4.78, 5) is 19.7. The van der Waals surface area contributed by atoms with Gasteiger partial charge < -0.3 is 16.0 Å². The van der Waals surface area contributed by atoms with Crippen molar-refractivity contribution in [3.05, 3.63) is 23.9 Å². The minimum absolute atomic E-state index is 0. The molecule has 2 saturated carbocycles. The van der Waals surface area contributed by atoms with Crippen LogP contribution in [-0.2, 0) is 11.3 Å². The average molecular weight is 443 g/mol. The molecule has 2 bridgehead atoms. The molecule has 1 aromatic rings. The molecule has 1 aliphatic heterocycles. The molecule has 2 heterocycles. The number of hydrogen-bond acceptors (Lipinski definition) is 4. The Morgan fingerprint density at radius 2 is 1.79 bits per heavy atom. The van der Waals surface area contributed by atoms with Crippen molar-refractivity contribution in [2.75, 3.05) is 18.0 Å². The Balaban J connectivity index is 0.00000150. The third-order valence-electron chi connectivity index (χ3n) is 7.17. The van der Waals surface area contributed by atoms with Gasteiger partial charge in [-0.2, -0.15) is 0 Å². The van der Waals surface area contributed by atoms with E-state index in [0.29, 0.717) is 24.4 Å². The SMILES string of the molecule is CC1CCN(c2ccc(CNC(=O)C3CC4CCCC(C3)C4N)cn2)CC1.Cl.Cl. The molecule has 2 atom stereocenters. The maximum absolute atomic E-state index is 12.7. The highest BCUT2D eigenvalue weighted by atomic mass is 35.5. The number of carbonyl (C=O) groups excluding carboxylic acids is 1. The molecule has 3 fully saturated rings. The van der Waals surface area contributed by atoms with E-state index in [1.807, 2.05) is 6.20 Å². The molecule has 7 heteroatoms. The highest BCUT2D eigenvalue weighted by Crippen LogP contribution is 2.41. The van der Waals surface area contributed by atoms with Gasteiger partial charge in [-0.15, -0.1) is 24.8 Å². The molecule has 5 nitrogen and oxygen atoms in total. The van der Waals surface area contributed by atoms with Gasteiger partial charge in [0.2, 0.25) is 5.91 Å². The van der Waals surface area contributed by atoms with Crippen LogP contribution in [0.15, 0.2) is 18.3 Å². The number of hydrogen-bond donors (Lipinski definition) is 2. The quantitative estimate of drug-likeness (QED) is 0.740. The van der Waals surface area contributed by atoms with Gasteiger partial charge in [0.25, 0.3) is 0 Å². The number of anilines is 1. The van der Waals surface area contributed by atoms with Crippen LogP contribution in [0.1, 0.15) is 57.4 Å². The minimum atomic E-state index is 0. The molecule has 164 valence electrons. The van der Waals surface area contributed by atoms with Gasteiger partial charge in [-0.3, -0.25) is 4.79 Å². The molecule has 0 spiro atoms. The summed E-state index contributed by atoms with van der Waals surface area (Å²) in [6, 6.07) is 4.52. The number of amides is 1. The monoisotopic (exact) mass is 442 g/mol. The summed E-state index contributed by atoms with van der Waals surface area (Å²) in [5.74, 6) is 3.31. The summed E-state index contributed by atoms with van der Waals surface area (Å²) < 4.78 is 0. The molecule has 1 amide bonds. The van der Waals surface area contributed by atoms with Crippen molar-refractivity contribution in [3.63, 3.8) is 0 Å². The fourth-order valence-corrected chi connectivity index (χ4v) is 5.28. The van der Waals surface area contributed by atoms with Crippen LogP contribution in [0.25, 0.3) is 0 Å². The normalized spacial score (nSPS) is 29.4. The second-order valence-corrected chi connectivity index (χ2v) is 9.11. The molecule has 2 unspecified atom stereocenters. The van der Waals surface area contributed by atoms with Gasteiger partial charge in [-0.1, -0.05) is 19.4 Å². The van der Waals surface area contributed by atoms with Gasteiger partial charge in [-0.05, 0) is 67.9 Å². The lowest BCUT2D eigenvalue weighted by molar-refractivity contribution is -0.128. The molecule has 1 aromatic heterocycles. The Labute approximate surface area is 187 Å². The lowest BCUT2D eigenvalue weighted by Crippen LogP contribution is -2.49. The van der Waals surface area contributed by atoms with E-state index in [0.717, 1.165) is 43.2 Å². The average Bonchev–Trinajstić information content (AvgIpc) is 2.67. The number of nitrogens with one attached hydrogen (secondary N) is 1. The van der Waals surface area contributed by atoms with Crippen molar-refractivity contribution < 1.29 is 4.79 Å². The number of fused-ring (bicyclic) bond motifs is 2. The molecular weight excluding hydrogens is 407 g/mol. The van der Waals surface area contributed by atoms with Gasteiger partial charge in [0.1, 0.15) is 5.82 Å². The predicted octanol–water partition coefficient (Wildman–Crippen LogP) is 3.93. The van der Waals surface area contributed by atoms with Crippen LogP contribution >= 0.6 is 24.8 Å². The first-order valence-electron chi connectivity index (χ1n) is 10.8. The highest BCUT2D eigenvalue weighted by Gasteiger charge is 2.40. The number of aromatic nitrogens is 1. The van der Waals surface area contributed by atoms with Crippen molar-refractivity contribution in [2.45, 2.75) is 64.5 Å². The number of pyridine rings is 1. The third kappa shape index (κ3) is 5.77. The minimum Gasteiger partial charge on any atom is -0.357 e. The van der Waals surface area contributed by atoms with Crippen LogP contribution in [0.4, 0.5) is 5.82 Å². The van der Waals surface area contributed by atoms with Crippen molar-refractivity contribution in [1.29, 1.82) is 0 Å². The van der Waals surface area contributed by atoms with Crippen molar-refractivity contribution in [1.82, 2.24) is 10.3 Å². The van der Waals surface area contributed by atoms with E-state index < -0.39 is 0 Å². The van der Waals surface area contributed by atoms with Gasteiger partial charge in [0.05, 0.1) is 0 Å². The Kier molecular flexibility index (Phi) is 9.05. The summed E-state index contributed by atoms with van der Waals surface area (Å²) in [7, 11) is 0. The lowest BCUT2D eigenvalue weighted by Gasteiger charge is -2.43. The zero-order valence-electron chi connectivity index (χ0n) is 17.4. The number of halogens is 2. The maximum atomic E-state index is 12.7. The molecule has 0 radical (unpaired) electrons. The lowest BCUT2D eigenvalue weighted by atomic mass is 9.65. The Morgan fingerprint density at radius 3 is 2.38 bits per heavy atom. The third-order valence-corrected chi connectivity index (χ3v) is 7.17. The van der Waals surface area contributed by atoms with Crippen LogP contribution in [0, 0.1) is 23.7 Å². The predicted molar refractivity (Wildman–Crippen MR) is 123 cm³/mol. The standard InChI is InChI=1S/C22H34N4O.2ClH/c1-15-7-9-26(10-8-15)20-6-5-16(13-24-20)14-25-22(27)19-11-17-3-2-4-18(12-19)21(17)23;;/h5-6,13,15,17-19,21H,2-4,7-12,14,23H2,1H3,(H,25,27);2*1H. The first-order chi connectivity index (χ1) is 13.1. The number of carbonyl (C=O) groups is 1. The highest BCUT2D eigenvalue weighted by molar-refractivity contribution is 5.85. The molecule has 4 rings (SSSR count). The van der Waals surface area contributed by atoms with E-state index in [4.69, 9.17) is 5.73 Å². The summed E-state index contributed by atoms with van der Waals surface area (Å²) in [5, 5.41) is 3.14. The van der Waals surface area contributed by atoms with Crippen molar-refractivity contribution in [2.24, 2.45) is 29.4 Å². The van der Waals surface area contributed by atoms with Crippen LogP contribution in [-0.4, -0.2) is 30.0 Å². The van der Waals surface area contributed by atoms with Gasteiger partial charge >= 0.3 is 0 Å². The second kappa shape index (κ2) is 10.8. The number of nitrogens with two attached hydrogens (primary N) is 1. The number of nitrogens with zero attached hydrogens (tertiary/aromatic N) is 2. The Morgan fingerprint density at radius 1 is 1.14 bits per heavy atom. The fourth-order valence-electron chi connectivity index (χ4n) is 5.28. The topological polar surface area (TPSA) is 71.2 Å². The molecule has 29 heavy (non-hydrogen) atoms. The largest absolute Gasteiger partial charge is 0.357 e. The summed E-state index contributed by atoms with van der Waals surface area (Å²) in [5.41, 5.74) is 7.43. The molecule has 3 N–H and O–H groups in total. The molecule has 3 aliphatic rings. The molecule has 1 saturated heterocycles. The zero-order valence-corrected chi connectivity index (χ0v) is 19.0. The smallest absolute Gasteiger partial charge is 0.223 e. The van der Waals surface area contributed by atoms with Gasteiger partial charge in [0.15, 0.2) is 0 Å². The van der Waals surface area contributed by atoms with E-state index in [1.54, 1.807) is 0 Å². The maximum Gasteiger partial charge on any atom is 0.223 e. The Bertz CT molecular complexity index is 635. The molecule has 0 aromatic carbocycles. The summed E-state index contributed by atoms with van der Waals surface area (Å²) in [6.45, 7) is 5.08. The van der Waals surface area contributed by atoms with E-state index in [9.17, 15) is 4.79 Å². The zero-order chi connectivity index (χ0) is 18.8. The van der Waals surface area contributed by atoms with Crippen LogP contribution in [0.3, 0.4) is 0 Å². The van der Waals surface area contributed by atoms with Crippen molar-refractivity contribution in [3.8, 4) is 0 Å². The van der Waals surface area contributed by atoms with Gasteiger partial charge in [0, 0.05) is 37.8 Å². The van der Waals surface area contributed by atoms with Crippen LogP contribution in [0.2, 0.25) is 0 Å². The first-order valence-corrected chi connectivity index (χ1v) is 10.8.